The molecule has 1 radical (unpaired) electrons. The second kappa shape index (κ2) is 12.1. The van der Waals surface area contributed by atoms with Gasteiger partial charge < -0.3 is 14.6 Å². The number of hydrogen-bond acceptors (Lipinski definition) is 3. The molecule has 1 N–H and O–H groups in total. The van der Waals surface area contributed by atoms with E-state index >= 15 is 0 Å². The maximum atomic E-state index is 6.92. The van der Waals surface area contributed by atoms with E-state index in [1.165, 1.54) is 44.7 Å². The summed E-state index contributed by atoms with van der Waals surface area (Å²) in [6, 6.07) is 63.2. The highest BCUT2D eigenvalue weighted by atomic mass is 16.3. The van der Waals surface area contributed by atoms with Crippen LogP contribution in [0.4, 0.5) is 28.4 Å². The molecule has 1 aromatic heterocycles. The zero-order chi connectivity index (χ0) is 36.7. The summed E-state index contributed by atoms with van der Waals surface area (Å²) in [5.41, 5.74) is 19.1. The van der Waals surface area contributed by atoms with Crippen LogP contribution in [-0.4, -0.2) is 7.28 Å². The molecule has 4 heteroatoms. The van der Waals surface area contributed by atoms with Gasteiger partial charge in [-0.1, -0.05) is 159 Å². The monoisotopic (exact) mass is 703 g/mol. The molecule has 0 saturated carbocycles. The van der Waals surface area contributed by atoms with Crippen LogP contribution in [0, 0.1) is 0 Å². The average molecular weight is 704 g/mol. The highest BCUT2D eigenvalue weighted by Crippen LogP contribution is 2.53. The predicted molar refractivity (Wildman–Crippen MR) is 232 cm³/mol. The lowest BCUT2D eigenvalue weighted by molar-refractivity contribution is 0.632. The highest BCUT2D eigenvalue weighted by Gasteiger charge is 2.41. The van der Waals surface area contributed by atoms with E-state index in [0.717, 1.165) is 61.2 Å². The minimum Gasteiger partial charge on any atom is -0.455 e. The summed E-state index contributed by atoms with van der Waals surface area (Å²) < 4.78 is 6.92. The molecule has 0 spiro atoms. The van der Waals surface area contributed by atoms with Crippen molar-refractivity contribution < 1.29 is 4.42 Å². The summed E-state index contributed by atoms with van der Waals surface area (Å²) in [4.78, 5) is 2.51. The number of anilines is 5. The van der Waals surface area contributed by atoms with Gasteiger partial charge in [0.25, 0.3) is 0 Å². The molecule has 0 saturated heterocycles. The summed E-state index contributed by atoms with van der Waals surface area (Å²) in [5, 5.41) is 6.10. The number of nitrogens with one attached hydrogen (secondary N) is 1. The molecule has 259 valence electrons. The van der Waals surface area contributed by atoms with Crippen LogP contribution < -0.4 is 21.1 Å². The summed E-state index contributed by atoms with van der Waals surface area (Å²) in [6.07, 6.45) is 0. The van der Waals surface area contributed by atoms with Crippen LogP contribution in [0.1, 0.15) is 25.0 Å². The van der Waals surface area contributed by atoms with Crippen LogP contribution in [0.3, 0.4) is 0 Å². The Morgan fingerprint density at radius 2 is 1.20 bits per heavy atom. The molecule has 0 bridgehead atoms. The Hall–Kier alpha value is -6.78. The Kier molecular flexibility index (Phi) is 6.99. The number of fused-ring (bicyclic) bond motifs is 7. The summed E-state index contributed by atoms with van der Waals surface area (Å²) >= 11 is 0. The zero-order valence-corrected chi connectivity index (χ0v) is 30.7. The van der Waals surface area contributed by atoms with Crippen LogP contribution in [0.2, 0.25) is 0 Å². The first-order valence-corrected chi connectivity index (χ1v) is 19.0. The van der Waals surface area contributed by atoms with Gasteiger partial charge in [0.05, 0.1) is 5.69 Å². The van der Waals surface area contributed by atoms with E-state index in [1.807, 2.05) is 0 Å². The molecular weight excluding hydrogens is 667 g/mol. The predicted octanol–water partition coefficient (Wildman–Crippen LogP) is 12.4. The summed E-state index contributed by atoms with van der Waals surface area (Å²) in [5.74, 6) is 0. The quantitative estimate of drug-likeness (QED) is 0.181. The lowest BCUT2D eigenvalue weighted by atomic mass is 9.55. The van der Waals surface area contributed by atoms with Crippen molar-refractivity contribution in [3.05, 3.63) is 187 Å². The van der Waals surface area contributed by atoms with E-state index in [4.69, 9.17) is 4.42 Å². The van der Waals surface area contributed by atoms with Gasteiger partial charge >= 0.3 is 0 Å². The van der Waals surface area contributed by atoms with Crippen LogP contribution in [0.25, 0.3) is 55.3 Å². The summed E-state index contributed by atoms with van der Waals surface area (Å²) in [7, 11) is 2.39. The van der Waals surface area contributed by atoms with E-state index in [1.54, 1.807) is 0 Å². The average Bonchev–Trinajstić information content (AvgIpc) is 3.61. The number of hydrogen-bond donors (Lipinski definition) is 1. The van der Waals surface area contributed by atoms with Gasteiger partial charge in [-0.3, -0.25) is 0 Å². The lowest BCUT2D eigenvalue weighted by Gasteiger charge is -2.46. The topological polar surface area (TPSA) is 28.4 Å². The lowest BCUT2D eigenvalue weighted by Crippen LogP contribution is -2.45. The third kappa shape index (κ3) is 4.91. The van der Waals surface area contributed by atoms with Crippen LogP contribution in [0.5, 0.6) is 0 Å². The van der Waals surface area contributed by atoms with Gasteiger partial charge in [-0.25, -0.2) is 0 Å². The molecule has 55 heavy (non-hydrogen) atoms. The Morgan fingerprint density at radius 3 is 2.00 bits per heavy atom. The molecule has 0 unspecified atom stereocenters. The molecule has 0 atom stereocenters. The van der Waals surface area contributed by atoms with Crippen molar-refractivity contribution >= 4 is 68.6 Å². The largest absolute Gasteiger partial charge is 0.455 e. The van der Waals surface area contributed by atoms with Crippen molar-refractivity contribution in [2.24, 2.45) is 0 Å². The number of rotatable bonds is 5. The van der Waals surface area contributed by atoms with Gasteiger partial charge in [0.2, 0.25) is 0 Å². The van der Waals surface area contributed by atoms with Crippen molar-refractivity contribution in [3.8, 4) is 33.4 Å². The third-order valence-corrected chi connectivity index (χ3v) is 11.7. The summed E-state index contributed by atoms with van der Waals surface area (Å²) in [6.45, 7) is 4.70. The van der Waals surface area contributed by atoms with E-state index in [0.29, 0.717) is 0 Å². The van der Waals surface area contributed by atoms with Crippen molar-refractivity contribution in [2.75, 3.05) is 10.2 Å². The number of furan rings is 1. The van der Waals surface area contributed by atoms with Gasteiger partial charge in [-0.15, -0.1) is 0 Å². The van der Waals surface area contributed by atoms with Crippen LogP contribution in [-0.2, 0) is 5.41 Å². The fraction of sp³-hybridized carbons (Fsp3) is 0.0588. The maximum absolute atomic E-state index is 6.92. The molecule has 0 amide bonds. The molecule has 11 rings (SSSR count). The van der Waals surface area contributed by atoms with Gasteiger partial charge in [0.1, 0.15) is 11.2 Å². The minimum absolute atomic E-state index is 0.153. The second-order valence-corrected chi connectivity index (χ2v) is 15.2. The van der Waals surface area contributed by atoms with Gasteiger partial charge in [0, 0.05) is 50.1 Å². The first-order valence-electron chi connectivity index (χ1n) is 19.0. The molecule has 3 nitrogen and oxygen atoms in total. The Labute approximate surface area is 321 Å². The molecule has 2 aliphatic heterocycles. The van der Waals surface area contributed by atoms with Crippen LogP contribution >= 0.6 is 0 Å². The zero-order valence-electron chi connectivity index (χ0n) is 30.7. The Bertz CT molecular complexity index is 2950. The van der Waals surface area contributed by atoms with E-state index in [9.17, 15) is 0 Å². The normalized spacial score (nSPS) is 13.5. The van der Waals surface area contributed by atoms with Gasteiger partial charge in [0.15, 0.2) is 7.28 Å². The molecule has 9 aromatic rings. The first-order chi connectivity index (χ1) is 27.0. The minimum atomic E-state index is -0.153. The van der Waals surface area contributed by atoms with E-state index in [2.05, 4.69) is 207 Å². The third-order valence-electron chi connectivity index (χ3n) is 11.7. The highest BCUT2D eigenvalue weighted by molar-refractivity contribution is 6.74. The van der Waals surface area contributed by atoms with Gasteiger partial charge in [-0.05, 0) is 75.2 Å². The maximum Gasteiger partial charge on any atom is 0.198 e. The molecule has 0 fully saturated rings. The number of benzene rings is 8. The molecule has 2 aliphatic rings. The molecule has 3 heterocycles. The number of nitrogens with zero attached hydrogens (tertiary/aromatic N) is 1. The molecule has 0 aliphatic carbocycles. The van der Waals surface area contributed by atoms with Crippen molar-refractivity contribution in [3.63, 3.8) is 0 Å². The van der Waals surface area contributed by atoms with E-state index < -0.39 is 0 Å². The Balaban J connectivity index is 1.18. The van der Waals surface area contributed by atoms with Crippen molar-refractivity contribution in [1.82, 2.24) is 0 Å². The second-order valence-electron chi connectivity index (χ2n) is 15.2. The first kappa shape index (κ1) is 31.7. The van der Waals surface area contributed by atoms with Crippen molar-refractivity contribution in [2.45, 2.75) is 19.3 Å². The van der Waals surface area contributed by atoms with E-state index in [-0.39, 0.29) is 5.41 Å². The SMILES string of the molecule is CC1(C)c2ccccc2N2c3cc4c(oc5ccccc54)c(-c4ccc(-c5ccccc5)cc4Nc4ccc(-c5ccccc5)cc4)c3[B]c3cccc1c32. The molecule has 8 aromatic carbocycles. The fourth-order valence-corrected chi connectivity index (χ4v) is 8.97. The fourth-order valence-electron chi connectivity index (χ4n) is 8.97. The van der Waals surface area contributed by atoms with Crippen LogP contribution in [0.15, 0.2) is 180 Å². The van der Waals surface area contributed by atoms with Gasteiger partial charge in [-0.2, -0.15) is 0 Å². The van der Waals surface area contributed by atoms with Crippen molar-refractivity contribution in [1.29, 1.82) is 0 Å². The smallest absolute Gasteiger partial charge is 0.198 e. The Morgan fingerprint density at radius 1 is 0.545 bits per heavy atom. The standard InChI is InChI=1S/C51H36BN2O/c1-51(2)40-19-10-11-22-44(40)54-45-31-39-37-18-9-12-23-46(37)55-50(39)47(48(45)52-42-21-13-20-41(51)49(42)54)38-29-26-35(33-16-7-4-8-17-33)30-43(38)53-36-27-24-34(25-28-36)32-14-5-3-6-15-32/h3-31,53H,1-2H3. The number of para-hydroxylation sites is 3. The molecular formula is C51H36BN2O.